The molecule has 0 radical (unpaired) electrons. The Bertz CT molecular complexity index is 892. The highest BCUT2D eigenvalue weighted by atomic mass is 19.3. The maximum absolute atomic E-state index is 13.1. The Kier molecular flexibility index (Phi) is 7.77. The lowest BCUT2D eigenvalue weighted by atomic mass is 10.00. The third-order valence-corrected chi connectivity index (χ3v) is 6.49. The number of benzene rings is 2. The number of rotatable bonds is 9. The molecule has 2 aromatic rings. The zero-order valence-corrected chi connectivity index (χ0v) is 18.6. The summed E-state index contributed by atoms with van der Waals surface area (Å²) in [6.07, 6.45) is 2.00. The van der Waals surface area contributed by atoms with Gasteiger partial charge in [0.05, 0.1) is 12.0 Å². The summed E-state index contributed by atoms with van der Waals surface area (Å²) in [5, 5.41) is 14.2. The van der Waals surface area contributed by atoms with Crippen molar-refractivity contribution in [2.24, 2.45) is 5.92 Å². The van der Waals surface area contributed by atoms with Gasteiger partial charge in [-0.1, -0.05) is 30.3 Å². The molecule has 0 bridgehead atoms. The van der Waals surface area contributed by atoms with Gasteiger partial charge in [-0.05, 0) is 62.2 Å². The van der Waals surface area contributed by atoms with E-state index in [1.807, 2.05) is 30.3 Å². The molecule has 0 spiro atoms. The summed E-state index contributed by atoms with van der Waals surface area (Å²) >= 11 is 0. The summed E-state index contributed by atoms with van der Waals surface area (Å²) in [5.74, 6) is -0.178. The smallest absolute Gasteiger partial charge is 0.387 e. The first kappa shape index (κ1) is 23.4. The van der Waals surface area contributed by atoms with Crippen LogP contribution in [0.4, 0.5) is 14.5 Å². The Balaban J connectivity index is 1.42. The van der Waals surface area contributed by atoms with Crippen molar-refractivity contribution in [2.75, 3.05) is 37.6 Å². The van der Waals surface area contributed by atoms with Gasteiger partial charge >= 0.3 is 6.61 Å². The van der Waals surface area contributed by atoms with Crippen molar-refractivity contribution in [1.82, 2.24) is 10.2 Å². The lowest BCUT2D eigenvalue weighted by Crippen LogP contribution is -2.48. The maximum Gasteiger partial charge on any atom is 0.387 e. The van der Waals surface area contributed by atoms with Crippen LogP contribution in [0.5, 0.6) is 5.75 Å². The number of aliphatic hydroxyl groups excluding tert-OH is 1. The molecule has 0 aromatic heterocycles. The first-order valence-electron chi connectivity index (χ1n) is 11.5. The van der Waals surface area contributed by atoms with Crippen LogP contribution in [0, 0.1) is 5.92 Å². The van der Waals surface area contributed by atoms with Crippen LogP contribution < -0.4 is 15.0 Å². The number of alkyl halides is 2. The number of hydrogen-bond acceptors (Lipinski definition) is 5. The number of anilines is 1. The topological polar surface area (TPSA) is 65.0 Å². The molecule has 33 heavy (non-hydrogen) atoms. The van der Waals surface area contributed by atoms with Crippen LogP contribution in [0.1, 0.15) is 30.9 Å². The summed E-state index contributed by atoms with van der Waals surface area (Å²) in [6.45, 7) is 0.966. The Hall–Kier alpha value is -2.71. The van der Waals surface area contributed by atoms with Gasteiger partial charge in [-0.15, -0.1) is 0 Å². The van der Waals surface area contributed by atoms with E-state index in [2.05, 4.69) is 19.9 Å². The summed E-state index contributed by atoms with van der Waals surface area (Å²) < 4.78 is 29.3. The van der Waals surface area contributed by atoms with Crippen LogP contribution in [0.3, 0.4) is 0 Å². The van der Waals surface area contributed by atoms with E-state index in [0.29, 0.717) is 18.7 Å². The van der Waals surface area contributed by atoms with E-state index >= 15 is 0 Å². The minimum atomic E-state index is -2.90. The Morgan fingerprint density at radius 1 is 1.06 bits per heavy atom. The van der Waals surface area contributed by atoms with E-state index in [-0.39, 0.29) is 17.6 Å². The van der Waals surface area contributed by atoms with Crippen molar-refractivity contribution >= 4 is 11.6 Å². The van der Waals surface area contributed by atoms with Crippen LogP contribution in [-0.4, -0.2) is 61.3 Å². The lowest BCUT2D eigenvalue weighted by molar-refractivity contribution is -0.126. The zero-order chi connectivity index (χ0) is 23.2. The van der Waals surface area contributed by atoms with Gasteiger partial charge in [-0.2, -0.15) is 8.78 Å². The van der Waals surface area contributed by atoms with Gasteiger partial charge in [0.25, 0.3) is 0 Å². The molecule has 3 atom stereocenters. The molecule has 4 rings (SSSR count). The normalized spacial score (nSPS) is 20.7. The van der Waals surface area contributed by atoms with Crippen LogP contribution >= 0.6 is 0 Å². The molecule has 6 nitrogen and oxygen atoms in total. The summed E-state index contributed by atoms with van der Waals surface area (Å²) in [7, 11) is 0. The van der Waals surface area contributed by atoms with Gasteiger partial charge in [0.2, 0.25) is 5.91 Å². The molecule has 2 N–H and O–H groups in total. The largest absolute Gasteiger partial charge is 0.435 e. The average molecular weight is 460 g/mol. The van der Waals surface area contributed by atoms with Crippen LogP contribution in [0.2, 0.25) is 0 Å². The van der Waals surface area contributed by atoms with Crippen LogP contribution in [0.25, 0.3) is 0 Å². The molecule has 2 aromatic carbocycles. The quantitative estimate of drug-likeness (QED) is 0.602. The number of halogens is 2. The minimum absolute atomic E-state index is 0.0352. The average Bonchev–Trinajstić information content (AvgIpc) is 3.51. The first-order chi connectivity index (χ1) is 16.0. The second-order valence-corrected chi connectivity index (χ2v) is 8.78. The van der Waals surface area contributed by atoms with Gasteiger partial charge in [-0.25, -0.2) is 0 Å². The summed E-state index contributed by atoms with van der Waals surface area (Å²) in [5.41, 5.74) is 1.66. The van der Waals surface area contributed by atoms with E-state index in [9.17, 15) is 18.7 Å². The van der Waals surface area contributed by atoms with Crippen molar-refractivity contribution < 1.29 is 23.4 Å². The van der Waals surface area contributed by atoms with E-state index in [4.69, 9.17) is 0 Å². The number of nitrogens with zero attached hydrogens (tertiary/aromatic N) is 2. The molecule has 8 heteroatoms. The lowest BCUT2D eigenvalue weighted by Gasteiger charge is -2.30. The van der Waals surface area contributed by atoms with Crippen molar-refractivity contribution in [3.8, 4) is 5.75 Å². The Morgan fingerprint density at radius 3 is 2.42 bits per heavy atom. The number of nitrogens with one attached hydrogen (secondary N) is 1. The minimum Gasteiger partial charge on any atom is -0.435 e. The second kappa shape index (κ2) is 10.9. The third-order valence-electron chi connectivity index (χ3n) is 6.49. The molecule has 2 aliphatic rings. The van der Waals surface area contributed by atoms with E-state index in [1.54, 1.807) is 12.1 Å². The fraction of sp³-hybridized carbons (Fsp3) is 0.480. The van der Waals surface area contributed by atoms with Crippen LogP contribution in [-0.2, 0) is 4.79 Å². The predicted molar refractivity (Wildman–Crippen MR) is 122 cm³/mol. The molecule has 1 amide bonds. The highest BCUT2D eigenvalue weighted by Gasteiger charge is 2.32. The van der Waals surface area contributed by atoms with E-state index in [1.165, 1.54) is 12.1 Å². The number of aliphatic hydroxyl groups is 1. The van der Waals surface area contributed by atoms with Crippen LogP contribution in [0.15, 0.2) is 54.6 Å². The second-order valence-electron chi connectivity index (χ2n) is 8.78. The number of carbonyl (C=O) groups is 1. The van der Waals surface area contributed by atoms with Gasteiger partial charge in [0, 0.05) is 25.3 Å². The molecular weight excluding hydrogens is 428 g/mol. The highest BCUT2D eigenvalue weighted by molar-refractivity contribution is 5.80. The van der Waals surface area contributed by atoms with Crippen molar-refractivity contribution in [3.63, 3.8) is 0 Å². The SMILES string of the molecule is O=C(NC(CN1CCCC1)C(O)c1ccc(OC(F)F)cc1)C1CCN(c2ccccc2)C1. The molecule has 2 aliphatic heterocycles. The van der Waals surface area contributed by atoms with Gasteiger partial charge in [0.1, 0.15) is 11.9 Å². The Labute approximate surface area is 193 Å². The molecule has 2 saturated heterocycles. The standard InChI is InChI=1S/C25H31F2N3O3/c26-25(27)33-21-10-8-18(9-11-21)23(31)22(17-29-13-4-5-14-29)28-24(32)19-12-15-30(16-19)20-6-2-1-3-7-20/h1-3,6-11,19,22-23,25,31H,4-5,12-17H2,(H,28,32). The fourth-order valence-corrected chi connectivity index (χ4v) is 4.69. The Morgan fingerprint density at radius 2 is 1.76 bits per heavy atom. The summed E-state index contributed by atoms with van der Waals surface area (Å²) in [4.78, 5) is 17.6. The highest BCUT2D eigenvalue weighted by Crippen LogP contribution is 2.26. The number of likely N-dealkylation sites (tertiary alicyclic amines) is 1. The fourth-order valence-electron chi connectivity index (χ4n) is 4.69. The monoisotopic (exact) mass is 459 g/mol. The van der Waals surface area contributed by atoms with Gasteiger partial charge in [-0.3, -0.25) is 4.79 Å². The maximum atomic E-state index is 13.1. The van der Waals surface area contributed by atoms with Crippen molar-refractivity contribution in [2.45, 2.75) is 38.0 Å². The number of carbonyl (C=O) groups excluding carboxylic acids is 1. The molecule has 2 heterocycles. The van der Waals surface area contributed by atoms with Crippen molar-refractivity contribution in [3.05, 3.63) is 60.2 Å². The number of hydrogen-bond donors (Lipinski definition) is 2. The molecule has 0 aliphatic carbocycles. The molecular formula is C25H31F2N3O3. The summed E-state index contributed by atoms with van der Waals surface area (Å²) in [6, 6.07) is 15.5. The first-order valence-corrected chi connectivity index (χ1v) is 11.5. The van der Waals surface area contributed by atoms with Gasteiger partial charge in [0.15, 0.2) is 0 Å². The van der Waals surface area contributed by atoms with Gasteiger partial charge < -0.3 is 25.0 Å². The number of ether oxygens (including phenoxy) is 1. The van der Waals surface area contributed by atoms with Crippen molar-refractivity contribution in [1.29, 1.82) is 0 Å². The molecule has 0 saturated carbocycles. The molecule has 2 fully saturated rings. The molecule has 178 valence electrons. The number of amides is 1. The number of para-hydroxylation sites is 1. The third kappa shape index (κ3) is 6.21. The molecule has 3 unspecified atom stereocenters. The van der Waals surface area contributed by atoms with E-state index < -0.39 is 18.8 Å². The predicted octanol–water partition coefficient (Wildman–Crippen LogP) is 3.43. The van der Waals surface area contributed by atoms with E-state index in [0.717, 1.165) is 44.6 Å². The zero-order valence-electron chi connectivity index (χ0n) is 18.6.